The number of alkyl carbamates (subject to hydrolysis) is 1. The van der Waals surface area contributed by atoms with Gasteiger partial charge in [0.2, 0.25) is 0 Å². The minimum absolute atomic E-state index is 0. The second-order valence-electron chi connectivity index (χ2n) is 3.26. The number of halogens is 3. The van der Waals surface area contributed by atoms with Crippen molar-refractivity contribution in [3.05, 3.63) is 34.1 Å². The Labute approximate surface area is 107 Å². The van der Waals surface area contributed by atoms with Gasteiger partial charge in [-0.25, -0.2) is 9.18 Å². The highest BCUT2D eigenvalue weighted by atomic mass is 79.9. The summed E-state index contributed by atoms with van der Waals surface area (Å²) < 4.78 is 18.4. The van der Waals surface area contributed by atoms with Crippen molar-refractivity contribution in [2.75, 3.05) is 6.61 Å². The van der Waals surface area contributed by atoms with Crippen LogP contribution in [0.1, 0.15) is 18.0 Å². The van der Waals surface area contributed by atoms with Gasteiger partial charge in [0.25, 0.3) is 0 Å². The molecule has 2 rings (SSSR count). The molecule has 1 aromatic rings. The molecule has 3 nitrogen and oxygen atoms in total. The van der Waals surface area contributed by atoms with Gasteiger partial charge in [0.1, 0.15) is 5.82 Å². The molecule has 16 heavy (non-hydrogen) atoms. The number of ether oxygens (including phenoxy) is 1. The molecule has 0 saturated carbocycles. The van der Waals surface area contributed by atoms with Crippen molar-refractivity contribution in [2.24, 2.45) is 0 Å². The minimum atomic E-state index is -0.456. The van der Waals surface area contributed by atoms with Crippen LogP contribution in [0.4, 0.5) is 9.18 Å². The van der Waals surface area contributed by atoms with Crippen molar-refractivity contribution < 1.29 is 13.9 Å². The van der Waals surface area contributed by atoms with E-state index in [1.54, 1.807) is 12.1 Å². The van der Waals surface area contributed by atoms with Crippen LogP contribution in [0.15, 0.2) is 22.7 Å². The van der Waals surface area contributed by atoms with Crippen molar-refractivity contribution in [1.82, 2.24) is 5.32 Å². The van der Waals surface area contributed by atoms with Gasteiger partial charge in [-0.3, -0.25) is 0 Å². The number of benzene rings is 1. The highest BCUT2D eigenvalue weighted by Crippen LogP contribution is 2.29. The predicted octanol–water partition coefficient (Wildman–Crippen LogP) is 3.18. The third-order valence-corrected chi connectivity index (χ3v) is 3.13. The molecular formula is C10H10BrClFNO2. The predicted molar refractivity (Wildman–Crippen MR) is 63.2 cm³/mol. The monoisotopic (exact) mass is 309 g/mol. The summed E-state index contributed by atoms with van der Waals surface area (Å²) in [7, 11) is 0. The van der Waals surface area contributed by atoms with Crippen LogP contribution in [0.5, 0.6) is 0 Å². The van der Waals surface area contributed by atoms with E-state index in [4.69, 9.17) is 4.74 Å². The van der Waals surface area contributed by atoms with E-state index in [2.05, 4.69) is 21.2 Å². The zero-order valence-corrected chi connectivity index (χ0v) is 10.6. The fourth-order valence-electron chi connectivity index (χ4n) is 1.55. The Balaban J connectivity index is 0.00000128. The second-order valence-corrected chi connectivity index (χ2v) is 4.06. The summed E-state index contributed by atoms with van der Waals surface area (Å²) in [6.45, 7) is 0.361. The number of carbonyl (C=O) groups is 1. The molecule has 1 aliphatic rings. The maximum atomic E-state index is 13.2. The minimum Gasteiger partial charge on any atom is -0.449 e. The van der Waals surface area contributed by atoms with Gasteiger partial charge >= 0.3 is 6.09 Å². The molecule has 1 atom stereocenters. The molecule has 1 fully saturated rings. The smallest absolute Gasteiger partial charge is 0.407 e. The lowest BCUT2D eigenvalue weighted by molar-refractivity contribution is 0.115. The second kappa shape index (κ2) is 5.50. The summed E-state index contributed by atoms with van der Waals surface area (Å²) in [6.07, 6.45) is 0.191. The third kappa shape index (κ3) is 2.65. The number of amides is 1. The Hall–Kier alpha value is -0.810. The van der Waals surface area contributed by atoms with Crippen LogP contribution in [-0.4, -0.2) is 12.7 Å². The van der Waals surface area contributed by atoms with Gasteiger partial charge < -0.3 is 10.1 Å². The summed E-state index contributed by atoms with van der Waals surface area (Å²) in [5.41, 5.74) is 0.742. The molecule has 0 bridgehead atoms. The van der Waals surface area contributed by atoms with E-state index in [0.29, 0.717) is 17.5 Å². The van der Waals surface area contributed by atoms with Gasteiger partial charge in [0.05, 0.1) is 17.1 Å². The molecule has 1 heterocycles. The summed E-state index contributed by atoms with van der Waals surface area (Å²) in [6, 6.07) is 4.59. The van der Waals surface area contributed by atoms with E-state index in [1.807, 2.05) is 0 Å². The molecule has 0 spiro atoms. The Kier molecular flexibility index (Phi) is 4.56. The number of hydrogen-bond donors (Lipinski definition) is 1. The molecule has 1 aromatic carbocycles. The van der Waals surface area contributed by atoms with Gasteiger partial charge in [0, 0.05) is 6.42 Å². The highest BCUT2D eigenvalue weighted by Gasteiger charge is 2.23. The van der Waals surface area contributed by atoms with Gasteiger partial charge in [-0.1, -0.05) is 12.1 Å². The van der Waals surface area contributed by atoms with Gasteiger partial charge in [-0.15, -0.1) is 12.4 Å². The Morgan fingerprint density at radius 1 is 1.50 bits per heavy atom. The number of hydrogen-bond acceptors (Lipinski definition) is 2. The van der Waals surface area contributed by atoms with E-state index < -0.39 is 6.09 Å². The van der Waals surface area contributed by atoms with E-state index in [9.17, 15) is 9.18 Å². The first-order chi connectivity index (χ1) is 7.18. The average molecular weight is 311 g/mol. The van der Waals surface area contributed by atoms with Crippen LogP contribution >= 0.6 is 28.3 Å². The van der Waals surface area contributed by atoms with Crippen molar-refractivity contribution in [3.63, 3.8) is 0 Å². The average Bonchev–Trinajstić information content (AvgIpc) is 2.22. The van der Waals surface area contributed by atoms with Crippen molar-refractivity contribution in [3.8, 4) is 0 Å². The molecule has 1 aliphatic heterocycles. The lowest BCUT2D eigenvalue weighted by atomic mass is 10.0. The fourth-order valence-corrected chi connectivity index (χ4v) is 2.09. The van der Waals surface area contributed by atoms with E-state index in [0.717, 1.165) is 5.56 Å². The number of carbonyl (C=O) groups excluding carboxylic acids is 1. The highest BCUT2D eigenvalue weighted by molar-refractivity contribution is 9.10. The standard InChI is InChI=1S/C10H9BrFNO2.ClH/c11-9-6(2-1-3-7(9)12)8-4-5-15-10(14)13-8;/h1-3,8H,4-5H2,(H,13,14);1H/t8-;/m0./s1. The first kappa shape index (κ1) is 13.3. The molecule has 1 amide bonds. The van der Waals surface area contributed by atoms with Crippen LogP contribution in [0, 0.1) is 5.82 Å². The Bertz CT molecular complexity index is 402. The van der Waals surface area contributed by atoms with E-state index >= 15 is 0 Å². The molecule has 88 valence electrons. The Morgan fingerprint density at radius 3 is 2.94 bits per heavy atom. The fraction of sp³-hybridized carbons (Fsp3) is 0.300. The Morgan fingerprint density at radius 2 is 2.25 bits per heavy atom. The molecular weight excluding hydrogens is 300 g/mol. The normalized spacial score (nSPS) is 19.4. The molecule has 0 unspecified atom stereocenters. The molecule has 6 heteroatoms. The summed E-state index contributed by atoms with van der Waals surface area (Å²) >= 11 is 3.17. The largest absolute Gasteiger partial charge is 0.449 e. The summed E-state index contributed by atoms with van der Waals surface area (Å²) in [5, 5.41) is 2.64. The SMILES string of the molecule is Cl.O=C1N[C@H](c2cccc(F)c2Br)CCO1. The molecule has 1 saturated heterocycles. The number of rotatable bonds is 1. The van der Waals surface area contributed by atoms with Crippen molar-refractivity contribution in [2.45, 2.75) is 12.5 Å². The first-order valence-electron chi connectivity index (χ1n) is 4.55. The van der Waals surface area contributed by atoms with E-state index in [-0.39, 0.29) is 24.3 Å². The van der Waals surface area contributed by atoms with Crippen molar-refractivity contribution >= 4 is 34.4 Å². The van der Waals surface area contributed by atoms with E-state index in [1.165, 1.54) is 6.07 Å². The molecule has 1 N–H and O–H groups in total. The molecule has 0 aliphatic carbocycles. The van der Waals surface area contributed by atoms with Gasteiger partial charge in [-0.2, -0.15) is 0 Å². The first-order valence-corrected chi connectivity index (χ1v) is 5.35. The zero-order chi connectivity index (χ0) is 10.8. The van der Waals surface area contributed by atoms with Crippen LogP contribution in [0.2, 0.25) is 0 Å². The third-order valence-electron chi connectivity index (χ3n) is 2.29. The quantitative estimate of drug-likeness (QED) is 0.865. The van der Waals surface area contributed by atoms with Crippen LogP contribution in [0.25, 0.3) is 0 Å². The molecule has 0 radical (unpaired) electrons. The topological polar surface area (TPSA) is 38.3 Å². The number of cyclic esters (lactones) is 1. The lowest BCUT2D eigenvalue weighted by Crippen LogP contribution is -2.35. The van der Waals surface area contributed by atoms with Crippen LogP contribution in [0.3, 0.4) is 0 Å². The van der Waals surface area contributed by atoms with Crippen LogP contribution < -0.4 is 5.32 Å². The van der Waals surface area contributed by atoms with Gasteiger partial charge in [0.15, 0.2) is 0 Å². The molecule has 0 aromatic heterocycles. The number of nitrogens with one attached hydrogen (secondary N) is 1. The maximum Gasteiger partial charge on any atom is 0.407 e. The summed E-state index contributed by atoms with van der Waals surface area (Å²) in [4.78, 5) is 11.0. The van der Waals surface area contributed by atoms with Gasteiger partial charge in [-0.05, 0) is 27.6 Å². The zero-order valence-electron chi connectivity index (χ0n) is 8.20. The lowest BCUT2D eigenvalue weighted by Gasteiger charge is -2.24. The van der Waals surface area contributed by atoms with Crippen molar-refractivity contribution in [1.29, 1.82) is 0 Å². The van der Waals surface area contributed by atoms with Crippen LogP contribution in [-0.2, 0) is 4.74 Å². The summed E-state index contributed by atoms with van der Waals surface area (Å²) in [5.74, 6) is -0.326. The maximum absolute atomic E-state index is 13.2.